The van der Waals surface area contributed by atoms with Crippen LogP contribution in [0.15, 0.2) is 0 Å². The van der Waals surface area contributed by atoms with Crippen LogP contribution in [0.3, 0.4) is 0 Å². The summed E-state index contributed by atoms with van der Waals surface area (Å²) in [6.45, 7) is 12.3. The van der Waals surface area contributed by atoms with E-state index in [9.17, 15) is 0 Å². The highest BCUT2D eigenvalue weighted by Gasteiger charge is 2.25. The van der Waals surface area contributed by atoms with Gasteiger partial charge in [0.25, 0.3) is 0 Å². The molecule has 1 saturated carbocycles. The van der Waals surface area contributed by atoms with Gasteiger partial charge in [-0.2, -0.15) is 5.10 Å². The van der Waals surface area contributed by atoms with Crippen molar-refractivity contribution in [3.05, 3.63) is 17.0 Å². The van der Waals surface area contributed by atoms with Crippen molar-refractivity contribution < 1.29 is 0 Å². The summed E-state index contributed by atoms with van der Waals surface area (Å²) < 4.78 is 2.32. The van der Waals surface area contributed by atoms with Gasteiger partial charge in [-0.25, -0.2) is 0 Å². The summed E-state index contributed by atoms with van der Waals surface area (Å²) in [5.41, 5.74) is 3.99. The summed E-state index contributed by atoms with van der Waals surface area (Å²) in [5.74, 6) is 0.844. The second-order valence-electron chi connectivity index (χ2n) is 6.63. The minimum absolute atomic E-state index is 0.407. The summed E-state index contributed by atoms with van der Waals surface area (Å²) in [5, 5.41) is 8.48. The highest BCUT2D eigenvalue weighted by atomic mass is 15.3. The number of aromatic nitrogens is 2. The van der Waals surface area contributed by atoms with E-state index in [1.807, 2.05) is 0 Å². The van der Waals surface area contributed by atoms with Crippen LogP contribution in [0, 0.1) is 19.8 Å². The third kappa shape index (κ3) is 3.25. The fraction of sp³-hybridized carbons (Fsp3) is 0.824. The maximum atomic E-state index is 4.87. The lowest BCUT2D eigenvalue weighted by Crippen LogP contribution is -2.22. The lowest BCUT2D eigenvalue weighted by Gasteiger charge is -2.28. The Hall–Kier alpha value is -0.830. The Morgan fingerprint density at radius 2 is 2.10 bits per heavy atom. The molecule has 1 N–H and O–H groups in total. The second-order valence-corrected chi connectivity index (χ2v) is 6.63. The molecule has 20 heavy (non-hydrogen) atoms. The molecule has 0 amide bonds. The van der Waals surface area contributed by atoms with Gasteiger partial charge in [0.2, 0.25) is 0 Å². The Labute approximate surface area is 124 Å². The Balaban J connectivity index is 2.19. The molecule has 1 aromatic heterocycles. The predicted octanol–water partition coefficient (Wildman–Crippen LogP) is 4.31. The minimum Gasteiger partial charge on any atom is -0.310 e. The molecule has 0 bridgehead atoms. The van der Waals surface area contributed by atoms with Crippen LogP contribution in [-0.4, -0.2) is 16.3 Å². The van der Waals surface area contributed by atoms with Crippen LogP contribution in [0.5, 0.6) is 0 Å². The average Bonchev–Trinajstić information content (AvgIpc) is 2.71. The monoisotopic (exact) mass is 277 g/mol. The summed E-state index contributed by atoms with van der Waals surface area (Å²) in [7, 11) is 0. The normalized spacial score (nSPS) is 24.9. The van der Waals surface area contributed by atoms with Gasteiger partial charge in [0, 0.05) is 17.3 Å². The Morgan fingerprint density at radius 1 is 1.35 bits per heavy atom. The smallest absolute Gasteiger partial charge is 0.0644 e. The molecule has 1 heterocycles. The maximum Gasteiger partial charge on any atom is 0.0644 e. The average molecular weight is 277 g/mol. The van der Waals surface area contributed by atoms with E-state index in [4.69, 9.17) is 5.10 Å². The van der Waals surface area contributed by atoms with Gasteiger partial charge in [-0.3, -0.25) is 4.68 Å². The number of hydrogen-bond donors (Lipinski definition) is 1. The molecule has 1 aromatic rings. The summed E-state index contributed by atoms with van der Waals surface area (Å²) in [6, 6.07) is 1.02. The molecular weight excluding hydrogens is 246 g/mol. The molecule has 0 aromatic carbocycles. The maximum absolute atomic E-state index is 4.87. The quantitative estimate of drug-likeness (QED) is 0.869. The number of rotatable bonds is 5. The zero-order chi connectivity index (χ0) is 14.7. The van der Waals surface area contributed by atoms with Crippen molar-refractivity contribution in [2.75, 3.05) is 6.54 Å². The molecule has 3 nitrogen and oxygen atoms in total. The van der Waals surface area contributed by atoms with Gasteiger partial charge in [-0.05, 0) is 52.5 Å². The van der Waals surface area contributed by atoms with E-state index in [0.29, 0.717) is 12.1 Å². The van der Waals surface area contributed by atoms with E-state index in [1.165, 1.54) is 49.1 Å². The Morgan fingerprint density at radius 3 is 2.75 bits per heavy atom. The number of nitrogens with zero attached hydrogens (tertiary/aromatic N) is 2. The fourth-order valence-corrected chi connectivity index (χ4v) is 3.74. The van der Waals surface area contributed by atoms with Crippen molar-refractivity contribution in [3.63, 3.8) is 0 Å². The van der Waals surface area contributed by atoms with Crippen LogP contribution in [0.1, 0.15) is 81.9 Å². The van der Waals surface area contributed by atoms with Gasteiger partial charge in [-0.1, -0.05) is 26.7 Å². The highest BCUT2D eigenvalue weighted by molar-refractivity contribution is 5.28. The molecule has 114 valence electrons. The van der Waals surface area contributed by atoms with Gasteiger partial charge in [0.05, 0.1) is 11.7 Å². The lowest BCUT2D eigenvalue weighted by atomic mass is 9.87. The first kappa shape index (κ1) is 15.6. The van der Waals surface area contributed by atoms with Crippen molar-refractivity contribution >= 4 is 0 Å². The number of aryl methyl sites for hydroxylation is 1. The van der Waals surface area contributed by atoms with Gasteiger partial charge in [-0.15, -0.1) is 0 Å². The van der Waals surface area contributed by atoms with Gasteiger partial charge in [0.1, 0.15) is 0 Å². The van der Waals surface area contributed by atoms with Crippen molar-refractivity contribution in [3.8, 4) is 0 Å². The zero-order valence-corrected chi connectivity index (χ0v) is 13.9. The van der Waals surface area contributed by atoms with E-state index in [1.54, 1.807) is 0 Å². The Bertz CT molecular complexity index is 436. The first-order valence-electron chi connectivity index (χ1n) is 8.33. The van der Waals surface area contributed by atoms with Gasteiger partial charge in [0.15, 0.2) is 0 Å². The molecule has 0 spiro atoms. The molecule has 3 atom stereocenters. The van der Waals surface area contributed by atoms with E-state index >= 15 is 0 Å². The fourth-order valence-electron chi connectivity index (χ4n) is 3.74. The van der Waals surface area contributed by atoms with E-state index < -0.39 is 0 Å². The highest BCUT2D eigenvalue weighted by Crippen LogP contribution is 2.34. The van der Waals surface area contributed by atoms with Gasteiger partial charge >= 0.3 is 0 Å². The minimum atomic E-state index is 0.407. The zero-order valence-electron chi connectivity index (χ0n) is 13.9. The molecule has 0 saturated heterocycles. The molecule has 1 aliphatic carbocycles. The molecule has 0 aliphatic heterocycles. The van der Waals surface area contributed by atoms with Crippen LogP contribution in [0.4, 0.5) is 0 Å². The molecule has 1 fully saturated rings. The number of hydrogen-bond acceptors (Lipinski definition) is 2. The largest absolute Gasteiger partial charge is 0.310 e. The summed E-state index contributed by atoms with van der Waals surface area (Å²) in [6.07, 6.45) is 6.50. The molecular formula is C17H31N3. The first-order valence-corrected chi connectivity index (χ1v) is 8.33. The molecule has 3 unspecified atom stereocenters. The van der Waals surface area contributed by atoms with Gasteiger partial charge < -0.3 is 5.32 Å². The molecule has 0 radical (unpaired) electrons. The molecule has 2 rings (SSSR count). The lowest BCUT2D eigenvalue weighted by molar-refractivity contribution is 0.263. The second kappa shape index (κ2) is 6.75. The van der Waals surface area contributed by atoms with Crippen molar-refractivity contribution in [1.29, 1.82) is 0 Å². The first-order chi connectivity index (χ1) is 9.54. The van der Waals surface area contributed by atoms with Crippen molar-refractivity contribution in [2.45, 2.75) is 78.8 Å². The van der Waals surface area contributed by atoms with E-state index in [0.717, 1.165) is 12.5 Å². The summed E-state index contributed by atoms with van der Waals surface area (Å²) >= 11 is 0. The standard InChI is InChI=1S/C17H31N3/c1-6-10-18-13(3)17-14(4)19-20(15(17)5)16-9-7-8-12(2)11-16/h12-13,16,18H,6-11H2,1-5H3. The van der Waals surface area contributed by atoms with E-state index in [-0.39, 0.29) is 0 Å². The van der Waals surface area contributed by atoms with Crippen LogP contribution in [-0.2, 0) is 0 Å². The number of nitrogens with one attached hydrogen (secondary N) is 1. The van der Waals surface area contributed by atoms with E-state index in [2.05, 4.69) is 44.6 Å². The van der Waals surface area contributed by atoms with Crippen LogP contribution in [0.2, 0.25) is 0 Å². The van der Waals surface area contributed by atoms with Crippen molar-refractivity contribution in [2.24, 2.45) is 5.92 Å². The third-order valence-electron chi connectivity index (χ3n) is 4.77. The van der Waals surface area contributed by atoms with Crippen molar-refractivity contribution in [1.82, 2.24) is 15.1 Å². The predicted molar refractivity (Wildman–Crippen MR) is 85.1 cm³/mol. The molecule has 1 aliphatic rings. The Kier molecular flexibility index (Phi) is 5.25. The van der Waals surface area contributed by atoms with Crippen LogP contribution in [0.25, 0.3) is 0 Å². The third-order valence-corrected chi connectivity index (χ3v) is 4.77. The topological polar surface area (TPSA) is 29.9 Å². The summed E-state index contributed by atoms with van der Waals surface area (Å²) in [4.78, 5) is 0. The van der Waals surface area contributed by atoms with Crippen LogP contribution >= 0.6 is 0 Å². The SMILES string of the molecule is CCCNC(C)c1c(C)nn(C2CCCC(C)C2)c1C. The molecule has 3 heteroatoms. The van der Waals surface area contributed by atoms with Crippen LogP contribution < -0.4 is 5.32 Å².